The molecule has 0 aliphatic carbocycles. The van der Waals surface area contributed by atoms with Crippen LogP contribution in [0.4, 0.5) is 20.3 Å². The number of rotatable bonds is 12. The molecule has 0 atom stereocenters. The van der Waals surface area contributed by atoms with Gasteiger partial charge in [0.05, 0.1) is 18.4 Å². The molecule has 0 aliphatic rings. The second-order valence-electron chi connectivity index (χ2n) is 8.11. The number of halogens is 3. The predicted molar refractivity (Wildman–Crippen MR) is 153 cm³/mol. The summed E-state index contributed by atoms with van der Waals surface area (Å²) in [5.41, 5.74) is 8.09. The molecule has 0 spiro atoms. The molecule has 2 heterocycles. The molecule has 11 nitrogen and oxygen atoms in total. The van der Waals surface area contributed by atoms with E-state index in [9.17, 15) is 18.4 Å². The summed E-state index contributed by atoms with van der Waals surface area (Å²) in [6, 6.07) is 5.26. The standard InChI is InChI=1S/C26H28ClF2N7O2.CH2O2/c1-3-17-12-19(5-7-21(17)26(38)33-9-8-31-23(37)14-30)35-24-25-34-15-22(36(25)11-10-32-24)20(16(2)29)6-4-18(27)13-28;2-1-3/h4-7,10-12,15H,2-3,8-9,13-14,30H2,1H3,(H,31,37)(H,32,35)(H,33,38);1H,(H,2,3)/b18-4+,20-6+;. The van der Waals surface area contributed by atoms with Gasteiger partial charge in [-0.3, -0.25) is 18.8 Å². The first-order valence-corrected chi connectivity index (χ1v) is 12.6. The highest BCUT2D eigenvalue weighted by Gasteiger charge is 2.16. The zero-order chi connectivity index (χ0) is 30.4. The molecule has 0 saturated carbocycles. The quantitative estimate of drug-likeness (QED) is 0.122. The molecule has 2 aromatic heterocycles. The number of allylic oxidation sites excluding steroid dienone is 5. The Morgan fingerprint density at radius 3 is 2.56 bits per heavy atom. The highest BCUT2D eigenvalue weighted by atomic mass is 35.5. The van der Waals surface area contributed by atoms with Gasteiger partial charge in [-0.05, 0) is 42.3 Å². The van der Waals surface area contributed by atoms with Crippen LogP contribution in [0.25, 0.3) is 11.2 Å². The highest BCUT2D eigenvalue weighted by molar-refractivity contribution is 6.29. The maximum Gasteiger partial charge on any atom is 0.290 e. The lowest BCUT2D eigenvalue weighted by molar-refractivity contribution is -0.123. The number of nitrogens with zero attached hydrogens (tertiary/aromatic N) is 3. The van der Waals surface area contributed by atoms with Crippen molar-refractivity contribution in [2.75, 3.05) is 31.6 Å². The number of imidazole rings is 1. The van der Waals surface area contributed by atoms with Crippen LogP contribution in [-0.2, 0) is 16.0 Å². The Bertz CT molecular complexity index is 1460. The zero-order valence-corrected chi connectivity index (χ0v) is 22.9. The Labute approximate surface area is 239 Å². The molecular formula is C27H30ClF2N7O4. The summed E-state index contributed by atoms with van der Waals surface area (Å²) >= 11 is 5.72. The molecule has 6 N–H and O–H groups in total. The van der Waals surface area contributed by atoms with Crippen LogP contribution >= 0.6 is 11.6 Å². The van der Waals surface area contributed by atoms with E-state index in [1.165, 1.54) is 24.5 Å². The normalized spacial score (nSPS) is 11.3. The Balaban J connectivity index is 0.00000187. The summed E-state index contributed by atoms with van der Waals surface area (Å²) in [6.45, 7) is 4.59. The van der Waals surface area contributed by atoms with Gasteiger partial charge in [-0.1, -0.05) is 25.1 Å². The minimum atomic E-state index is -0.873. The molecule has 2 amide bonds. The number of hydrogen-bond donors (Lipinski definition) is 5. The number of benzene rings is 1. The number of amides is 2. The Hall–Kier alpha value is -4.62. The highest BCUT2D eigenvalue weighted by Crippen LogP contribution is 2.28. The van der Waals surface area contributed by atoms with E-state index in [0.29, 0.717) is 34.8 Å². The molecule has 3 aromatic rings. The SMILES string of the molecule is C=C(F)/C(=C\C=C(\Cl)CF)c1cnc2c(Nc3ccc(C(=O)NCCNC(=O)CN)c(CC)c3)nccn12.O=CO. The monoisotopic (exact) mass is 589 g/mol. The van der Waals surface area contributed by atoms with Gasteiger partial charge in [0.1, 0.15) is 12.5 Å². The number of aryl methyl sites for hydroxylation is 1. The summed E-state index contributed by atoms with van der Waals surface area (Å²) in [4.78, 5) is 41.0. The summed E-state index contributed by atoms with van der Waals surface area (Å²) in [7, 11) is 0. The second kappa shape index (κ2) is 16.5. The Morgan fingerprint density at radius 1 is 1.22 bits per heavy atom. The van der Waals surface area contributed by atoms with Crippen LogP contribution in [0.2, 0.25) is 0 Å². The minimum Gasteiger partial charge on any atom is -0.483 e. The van der Waals surface area contributed by atoms with E-state index >= 15 is 0 Å². The van der Waals surface area contributed by atoms with Crippen LogP contribution in [0, 0.1) is 0 Å². The summed E-state index contributed by atoms with van der Waals surface area (Å²) in [5.74, 6) is -0.894. The van der Waals surface area contributed by atoms with E-state index in [1.807, 2.05) is 13.0 Å². The lowest BCUT2D eigenvalue weighted by Gasteiger charge is -2.13. The van der Waals surface area contributed by atoms with Crippen molar-refractivity contribution in [3.8, 4) is 0 Å². The van der Waals surface area contributed by atoms with Crippen LogP contribution in [0.5, 0.6) is 0 Å². The number of carbonyl (C=O) groups excluding carboxylic acids is 2. The first-order chi connectivity index (χ1) is 19.7. The van der Waals surface area contributed by atoms with Crippen LogP contribution in [-0.4, -0.2) is 64.1 Å². The zero-order valence-electron chi connectivity index (χ0n) is 22.2. The molecule has 218 valence electrons. The van der Waals surface area contributed by atoms with E-state index < -0.39 is 12.5 Å². The summed E-state index contributed by atoms with van der Waals surface area (Å²) < 4.78 is 28.6. The third-order valence-electron chi connectivity index (χ3n) is 5.47. The van der Waals surface area contributed by atoms with Gasteiger partial charge in [0.15, 0.2) is 11.5 Å². The first kappa shape index (κ1) is 32.6. The molecule has 0 fully saturated rings. The smallest absolute Gasteiger partial charge is 0.290 e. The van der Waals surface area contributed by atoms with Crippen molar-refractivity contribution >= 4 is 52.6 Å². The summed E-state index contributed by atoms with van der Waals surface area (Å²) in [6.07, 6.45) is 7.79. The van der Waals surface area contributed by atoms with Gasteiger partial charge >= 0.3 is 0 Å². The molecule has 1 aromatic carbocycles. The van der Waals surface area contributed by atoms with Crippen molar-refractivity contribution in [2.45, 2.75) is 13.3 Å². The van der Waals surface area contributed by atoms with Crippen LogP contribution in [0.15, 0.2) is 66.4 Å². The van der Waals surface area contributed by atoms with Crippen molar-refractivity contribution in [1.82, 2.24) is 25.0 Å². The molecule has 3 rings (SSSR count). The first-order valence-electron chi connectivity index (χ1n) is 12.2. The molecule has 0 unspecified atom stereocenters. The van der Waals surface area contributed by atoms with Crippen molar-refractivity contribution in [1.29, 1.82) is 0 Å². The van der Waals surface area contributed by atoms with Crippen molar-refractivity contribution in [2.24, 2.45) is 5.73 Å². The van der Waals surface area contributed by atoms with Crippen LogP contribution in [0.3, 0.4) is 0 Å². The largest absolute Gasteiger partial charge is 0.483 e. The van der Waals surface area contributed by atoms with E-state index in [4.69, 9.17) is 27.2 Å². The van der Waals surface area contributed by atoms with Crippen molar-refractivity contribution in [3.05, 3.63) is 83.2 Å². The van der Waals surface area contributed by atoms with Gasteiger partial charge in [-0.2, -0.15) is 0 Å². The van der Waals surface area contributed by atoms with Crippen LogP contribution < -0.4 is 21.7 Å². The molecule has 0 aliphatic heterocycles. The van der Waals surface area contributed by atoms with Gasteiger partial charge in [-0.15, -0.1) is 0 Å². The van der Waals surface area contributed by atoms with Gasteiger partial charge in [0, 0.05) is 47.3 Å². The van der Waals surface area contributed by atoms with Crippen molar-refractivity contribution < 1.29 is 28.3 Å². The molecule has 41 heavy (non-hydrogen) atoms. The average molecular weight is 590 g/mol. The van der Waals surface area contributed by atoms with Crippen LogP contribution in [0.1, 0.15) is 28.5 Å². The van der Waals surface area contributed by atoms with E-state index in [-0.39, 0.29) is 48.5 Å². The lowest BCUT2D eigenvalue weighted by Crippen LogP contribution is -2.37. The number of carbonyl (C=O) groups is 3. The number of fused-ring (bicyclic) bond motifs is 1. The molecule has 0 bridgehead atoms. The molecule has 14 heteroatoms. The minimum absolute atomic E-state index is 0.0798. The molecule has 0 saturated heterocycles. The fraction of sp³-hybridized carbons (Fsp3) is 0.222. The topological polar surface area (TPSA) is 164 Å². The number of hydrogen-bond acceptors (Lipinski definition) is 7. The number of carboxylic acid groups (broad SMARTS) is 1. The molecular weight excluding hydrogens is 560 g/mol. The Morgan fingerprint density at radius 2 is 1.93 bits per heavy atom. The van der Waals surface area contributed by atoms with Gasteiger partial charge in [0.2, 0.25) is 5.91 Å². The fourth-order valence-corrected chi connectivity index (χ4v) is 3.67. The van der Waals surface area contributed by atoms with Crippen molar-refractivity contribution in [3.63, 3.8) is 0 Å². The van der Waals surface area contributed by atoms with E-state index in [2.05, 4.69) is 32.5 Å². The maximum absolute atomic E-state index is 14.2. The lowest BCUT2D eigenvalue weighted by atomic mass is 10.0. The third kappa shape index (κ3) is 9.22. The number of nitrogens with two attached hydrogens (primary N) is 1. The summed E-state index contributed by atoms with van der Waals surface area (Å²) in [5, 5.41) is 15.4. The van der Waals surface area contributed by atoms with E-state index in [1.54, 1.807) is 22.7 Å². The number of aromatic nitrogens is 3. The number of nitrogens with one attached hydrogen (secondary N) is 3. The fourth-order valence-electron chi connectivity index (χ4n) is 3.61. The maximum atomic E-state index is 14.2. The average Bonchev–Trinajstić information content (AvgIpc) is 3.40. The van der Waals surface area contributed by atoms with Gasteiger partial charge in [-0.25, -0.2) is 18.7 Å². The van der Waals surface area contributed by atoms with Gasteiger partial charge < -0.3 is 26.8 Å². The third-order valence-corrected chi connectivity index (χ3v) is 5.69. The predicted octanol–water partition coefficient (Wildman–Crippen LogP) is 3.50. The molecule has 0 radical (unpaired) electrons. The number of alkyl halides is 1. The number of anilines is 2. The van der Waals surface area contributed by atoms with E-state index in [0.717, 1.165) is 5.56 Å². The van der Waals surface area contributed by atoms with Gasteiger partial charge in [0.25, 0.3) is 12.4 Å². The Kier molecular flexibility index (Phi) is 13.1. The second-order valence-corrected chi connectivity index (χ2v) is 8.60.